The van der Waals surface area contributed by atoms with Crippen molar-refractivity contribution in [2.75, 3.05) is 0 Å². The molecule has 1 aromatic heterocycles. The van der Waals surface area contributed by atoms with Crippen molar-refractivity contribution in [3.8, 4) is 6.07 Å². The van der Waals surface area contributed by atoms with E-state index in [0.717, 1.165) is 9.35 Å². The summed E-state index contributed by atoms with van der Waals surface area (Å²) in [5, 5.41) is 14.4. The molecule has 0 amide bonds. The molecule has 0 fully saturated rings. The van der Waals surface area contributed by atoms with Crippen LogP contribution in [0.4, 0.5) is 0 Å². The Bertz CT molecular complexity index is 516. The molecule has 2 rings (SSSR count). The number of nitrogens with one attached hydrogen (secondary N) is 1. The van der Waals surface area contributed by atoms with E-state index < -0.39 is 0 Å². The first-order chi connectivity index (χ1) is 8.29. The van der Waals surface area contributed by atoms with Gasteiger partial charge in [-0.2, -0.15) is 5.26 Å². The van der Waals surface area contributed by atoms with Gasteiger partial charge in [0.25, 0.3) is 0 Å². The van der Waals surface area contributed by atoms with Crippen molar-refractivity contribution >= 4 is 27.3 Å². The molecule has 2 nitrogen and oxygen atoms in total. The van der Waals surface area contributed by atoms with E-state index in [4.69, 9.17) is 5.26 Å². The molecule has 0 spiro atoms. The molecule has 0 saturated heterocycles. The third-order valence-corrected chi connectivity index (χ3v) is 4.11. The highest BCUT2D eigenvalue weighted by atomic mass is 79.9. The molecule has 0 radical (unpaired) electrons. The fraction of sp³-hybridized carbons (Fsp3) is 0.154. The maximum atomic E-state index is 9.15. The van der Waals surface area contributed by atoms with E-state index in [1.807, 2.05) is 41.8 Å². The molecule has 1 heterocycles. The van der Waals surface area contributed by atoms with Gasteiger partial charge in [0.15, 0.2) is 0 Å². The van der Waals surface area contributed by atoms with Gasteiger partial charge in [-0.3, -0.25) is 5.32 Å². The largest absolute Gasteiger partial charge is 0.293 e. The fourth-order valence-electron chi connectivity index (χ4n) is 1.51. The Balaban J connectivity index is 2.00. The molecule has 0 aliphatic heterocycles. The van der Waals surface area contributed by atoms with Crippen LogP contribution in [0.2, 0.25) is 0 Å². The number of thiophene rings is 1. The summed E-state index contributed by atoms with van der Waals surface area (Å²) < 4.78 is 1.03. The first-order valence-electron chi connectivity index (χ1n) is 5.20. The van der Waals surface area contributed by atoms with Crippen molar-refractivity contribution in [1.82, 2.24) is 5.32 Å². The smallest absolute Gasteiger partial charge is 0.130 e. The number of nitriles is 1. The third kappa shape index (κ3) is 3.40. The van der Waals surface area contributed by atoms with Gasteiger partial charge < -0.3 is 0 Å². The van der Waals surface area contributed by atoms with Crippen LogP contribution in [0.5, 0.6) is 0 Å². The summed E-state index contributed by atoms with van der Waals surface area (Å²) in [6.45, 7) is 0.703. The van der Waals surface area contributed by atoms with Gasteiger partial charge in [-0.1, -0.05) is 30.3 Å². The molecule has 4 heteroatoms. The molecule has 0 aliphatic carbocycles. The zero-order chi connectivity index (χ0) is 12.1. The SMILES string of the molecule is N#CC(NCc1ccccc1)c1cc(Br)cs1. The van der Waals surface area contributed by atoms with Gasteiger partial charge in [0.1, 0.15) is 6.04 Å². The van der Waals surface area contributed by atoms with E-state index in [9.17, 15) is 0 Å². The predicted octanol–water partition coefficient (Wildman–Crippen LogP) is 3.87. The van der Waals surface area contributed by atoms with Crippen LogP contribution in [-0.4, -0.2) is 0 Å². The predicted molar refractivity (Wildman–Crippen MR) is 73.7 cm³/mol. The minimum Gasteiger partial charge on any atom is -0.293 e. The van der Waals surface area contributed by atoms with Crippen LogP contribution in [0, 0.1) is 11.3 Å². The van der Waals surface area contributed by atoms with Crippen LogP contribution in [0.15, 0.2) is 46.3 Å². The molecule has 0 saturated carbocycles. The van der Waals surface area contributed by atoms with Crippen LogP contribution >= 0.6 is 27.3 Å². The Morgan fingerprint density at radius 1 is 1.35 bits per heavy atom. The maximum Gasteiger partial charge on any atom is 0.130 e. The van der Waals surface area contributed by atoms with Crippen molar-refractivity contribution in [2.45, 2.75) is 12.6 Å². The molecule has 0 aliphatic rings. The third-order valence-electron chi connectivity index (χ3n) is 2.35. The molecular formula is C13H11BrN2S. The molecule has 0 bridgehead atoms. The summed E-state index contributed by atoms with van der Waals surface area (Å²) in [7, 11) is 0. The molecule has 1 N–H and O–H groups in total. The molecule has 1 aromatic carbocycles. The van der Waals surface area contributed by atoms with Crippen LogP contribution in [0.25, 0.3) is 0 Å². The lowest BCUT2D eigenvalue weighted by Crippen LogP contribution is -2.18. The van der Waals surface area contributed by atoms with Crippen LogP contribution < -0.4 is 5.32 Å². The minimum atomic E-state index is -0.244. The first kappa shape index (κ1) is 12.3. The van der Waals surface area contributed by atoms with Crippen molar-refractivity contribution in [1.29, 1.82) is 5.26 Å². The van der Waals surface area contributed by atoms with Crippen LogP contribution in [0.3, 0.4) is 0 Å². The Kier molecular flexibility index (Phi) is 4.32. The van der Waals surface area contributed by atoms with E-state index in [-0.39, 0.29) is 6.04 Å². The van der Waals surface area contributed by atoms with Gasteiger partial charge in [-0.05, 0) is 27.6 Å². The van der Waals surface area contributed by atoms with Gasteiger partial charge in [-0.25, -0.2) is 0 Å². The first-order valence-corrected chi connectivity index (χ1v) is 6.87. The second-order valence-corrected chi connectivity index (χ2v) is 5.45. The Morgan fingerprint density at radius 2 is 2.12 bits per heavy atom. The summed E-state index contributed by atoms with van der Waals surface area (Å²) in [6, 6.07) is 14.1. The molecule has 2 aromatic rings. The topological polar surface area (TPSA) is 35.8 Å². The summed E-state index contributed by atoms with van der Waals surface area (Å²) in [6.07, 6.45) is 0. The van der Waals surface area contributed by atoms with Crippen molar-refractivity contribution < 1.29 is 0 Å². The summed E-state index contributed by atoms with van der Waals surface area (Å²) >= 11 is 4.98. The number of rotatable bonds is 4. The summed E-state index contributed by atoms with van der Waals surface area (Å²) in [5.41, 5.74) is 1.18. The fourth-order valence-corrected chi connectivity index (χ4v) is 2.97. The van der Waals surface area contributed by atoms with Gasteiger partial charge in [0.05, 0.1) is 6.07 Å². The van der Waals surface area contributed by atoms with Gasteiger partial charge in [0, 0.05) is 21.3 Å². The Hall–Kier alpha value is -1.15. The molecule has 86 valence electrons. The lowest BCUT2D eigenvalue weighted by molar-refractivity contribution is 0.638. The number of halogens is 1. The zero-order valence-corrected chi connectivity index (χ0v) is 11.5. The monoisotopic (exact) mass is 306 g/mol. The van der Waals surface area contributed by atoms with Crippen molar-refractivity contribution in [2.24, 2.45) is 0 Å². The van der Waals surface area contributed by atoms with Gasteiger partial charge in [0.2, 0.25) is 0 Å². The highest BCUT2D eigenvalue weighted by Crippen LogP contribution is 2.25. The van der Waals surface area contributed by atoms with Crippen LogP contribution in [-0.2, 0) is 6.54 Å². The second-order valence-electron chi connectivity index (χ2n) is 3.60. The Labute approximate surface area is 113 Å². The van der Waals surface area contributed by atoms with E-state index in [0.29, 0.717) is 6.54 Å². The average Bonchev–Trinajstić information content (AvgIpc) is 2.78. The normalized spacial score (nSPS) is 12.0. The zero-order valence-electron chi connectivity index (χ0n) is 9.06. The number of hydrogen-bond acceptors (Lipinski definition) is 3. The quantitative estimate of drug-likeness (QED) is 0.931. The molecule has 1 unspecified atom stereocenters. The molecular weight excluding hydrogens is 296 g/mol. The van der Waals surface area contributed by atoms with E-state index in [2.05, 4.69) is 27.3 Å². The molecule has 1 atom stereocenters. The summed E-state index contributed by atoms with van der Waals surface area (Å²) in [5.74, 6) is 0. The standard InChI is InChI=1S/C13H11BrN2S/c14-11-6-13(17-9-11)12(7-15)16-8-10-4-2-1-3-5-10/h1-6,9,12,16H,8H2. The lowest BCUT2D eigenvalue weighted by Gasteiger charge is -2.09. The average molecular weight is 307 g/mol. The number of hydrogen-bond donors (Lipinski definition) is 1. The van der Waals surface area contributed by atoms with Gasteiger partial charge in [-0.15, -0.1) is 11.3 Å². The van der Waals surface area contributed by atoms with E-state index in [1.165, 1.54) is 5.56 Å². The maximum absolute atomic E-state index is 9.15. The summed E-state index contributed by atoms with van der Waals surface area (Å²) in [4.78, 5) is 1.04. The number of benzene rings is 1. The van der Waals surface area contributed by atoms with E-state index >= 15 is 0 Å². The second kappa shape index (κ2) is 5.97. The van der Waals surface area contributed by atoms with Crippen molar-refractivity contribution in [3.05, 3.63) is 56.7 Å². The highest BCUT2D eigenvalue weighted by molar-refractivity contribution is 9.10. The highest BCUT2D eigenvalue weighted by Gasteiger charge is 2.11. The van der Waals surface area contributed by atoms with Gasteiger partial charge >= 0.3 is 0 Å². The van der Waals surface area contributed by atoms with E-state index in [1.54, 1.807) is 11.3 Å². The molecule has 17 heavy (non-hydrogen) atoms. The van der Waals surface area contributed by atoms with Crippen molar-refractivity contribution in [3.63, 3.8) is 0 Å². The van der Waals surface area contributed by atoms with Crippen LogP contribution in [0.1, 0.15) is 16.5 Å². The minimum absolute atomic E-state index is 0.244. The number of nitrogens with zero attached hydrogens (tertiary/aromatic N) is 1. The Morgan fingerprint density at radius 3 is 2.71 bits per heavy atom. The lowest BCUT2D eigenvalue weighted by atomic mass is 10.2.